The number of hydrogen-bond acceptors (Lipinski definition) is 2. The summed E-state index contributed by atoms with van der Waals surface area (Å²) >= 11 is 5.46. The van der Waals surface area contributed by atoms with Crippen molar-refractivity contribution in [3.8, 4) is 0 Å². The molecule has 2 amide bonds. The largest absolute Gasteiger partial charge is 0.350 e. The van der Waals surface area contributed by atoms with Gasteiger partial charge in [0.2, 0.25) is 0 Å². The Morgan fingerprint density at radius 3 is 2.93 bits per heavy atom. The van der Waals surface area contributed by atoms with Crippen LogP contribution < -0.4 is 11.2 Å². The van der Waals surface area contributed by atoms with Crippen molar-refractivity contribution < 1.29 is 9.18 Å². The lowest BCUT2D eigenvalue weighted by Gasteiger charge is -1.95. The Bertz CT molecular complexity index is 381. The fourth-order valence-corrected chi connectivity index (χ4v) is 0.881. The first-order chi connectivity index (χ1) is 6.59. The second kappa shape index (κ2) is 4.57. The number of nitrogens with zero attached hydrogens (tertiary/aromatic N) is 1. The lowest BCUT2D eigenvalue weighted by Crippen LogP contribution is -2.24. The van der Waals surface area contributed by atoms with Crippen molar-refractivity contribution in [3.63, 3.8) is 0 Å². The van der Waals surface area contributed by atoms with E-state index in [9.17, 15) is 9.18 Å². The number of halogens is 2. The fourth-order valence-electron chi connectivity index (χ4n) is 0.763. The van der Waals surface area contributed by atoms with E-state index in [4.69, 9.17) is 17.3 Å². The Hall–Kier alpha value is -1.62. The van der Waals surface area contributed by atoms with Gasteiger partial charge in [0.25, 0.3) is 0 Å². The minimum Gasteiger partial charge on any atom is -0.350 e. The predicted octanol–water partition coefficient (Wildman–Crippen LogP) is 1.48. The standard InChI is InChI=1S/C8H7ClFN3O/c9-6-2-1-5(3-7(6)10)4-12-13-8(11)14/h1-4H,(H3,11,13,14)/b12-4+. The van der Waals surface area contributed by atoms with Gasteiger partial charge in [-0.2, -0.15) is 5.10 Å². The van der Waals surface area contributed by atoms with Crippen molar-refractivity contribution in [1.82, 2.24) is 5.43 Å². The van der Waals surface area contributed by atoms with E-state index in [1.54, 1.807) is 6.07 Å². The number of amides is 2. The lowest BCUT2D eigenvalue weighted by atomic mass is 10.2. The summed E-state index contributed by atoms with van der Waals surface area (Å²) in [6.45, 7) is 0. The second-order valence-electron chi connectivity index (χ2n) is 2.41. The number of benzene rings is 1. The van der Waals surface area contributed by atoms with E-state index in [1.165, 1.54) is 18.3 Å². The molecule has 1 rings (SSSR count). The van der Waals surface area contributed by atoms with Gasteiger partial charge in [0.15, 0.2) is 0 Å². The molecule has 1 aromatic carbocycles. The molecule has 0 aromatic heterocycles. The van der Waals surface area contributed by atoms with E-state index in [0.29, 0.717) is 5.56 Å². The molecule has 1 aromatic rings. The zero-order chi connectivity index (χ0) is 10.6. The van der Waals surface area contributed by atoms with Gasteiger partial charge in [-0.25, -0.2) is 14.6 Å². The molecule has 0 bridgehead atoms. The van der Waals surface area contributed by atoms with Crippen LogP contribution in [0.25, 0.3) is 0 Å². The Morgan fingerprint density at radius 1 is 1.64 bits per heavy atom. The van der Waals surface area contributed by atoms with Gasteiger partial charge in [-0.05, 0) is 17.7 Å². The summed E-state index contributed by atoms with van der Waals surface area (Å²) in [4.78, 5) is 10.2. The average molecular weight is 216 g/mol. The van der Waals surface area contributed by atoms with Gasteiger partial charge in [0.1, 0.15) is 5.82 Å². The van der Waals surface area contributed by atoms with E-state index in [1.807, 2.05) is 5.43 Å². The van der Waals surface area contributed by atoms with Crippen LogP contribution in [0, 0.1) is 5.82 Å². The Labute approximate surface area is 84.5 Å². The highest BCUT2D eigenvalue weighted by atomic mass is 35.5. The summed E-state index contributed by atoms with van der Waals surface area (Å²) in [6.07, 6.45) is 1.25. The zero-order valence-electron chi connectivity index (χ0n) is 7.00. The van der Waals surface area contributed by atoms with Crippen molar-refractivity contribution in [2.75, 3.05) is 0 Å². The first-order valence-corrected chi connectivity index (χ1v) is 4.01. The van der Waals surface area contributed by atoms with Crippen LogP contribution in [-0.2, 0) is 0 Å². The summed E-state index contributed by atoms with van der Waals surface area (Å²) in [5.74, 6) is -0.547. The van der Waals surface area contributed by atoms with Crippen LogP contribution in [0.15, 0.2) is 23.3 Å². The van der Waals surface area contributed by atoms with Crippen LogP contribution >= 0.6 is 11.6 Å². The number of rotatable bonds is 2. The van der Waals surface area contributed by atoms with Gasteiger partial charge < -0.3 is 5.73 Å². The third-order valence-corrected chi connectivity index (χ3v) is 1.64. The first-order valence-electron chi connectivity index (χ1n) is 3.63. The molecule has 0 spiro atoms. The molecular weight excluding hydrogens is 209 g/mol. The van der Waals surface area contributed by atoms with Crippen molar-refractivity contribution in [3.05, 3.63) is 34.6 Å². The number of urea groups is 1. The van der Waals surface area contributed by atoms with Gasteiger partial charge in [0.05, 0.1) is 11.2 Å². The average Bonchev–Trinajstić information content (AvgIpc) is 2.10. The van der Waals surface area contributed by atoms with Crippen LogP contribution in [0.2, 0.25) is 5.02 Å². The normalized spacial score (nSPS) is 10.4. The Morgan fingerprint density at radius 2 is 2.36 bits per heavy atom. The molecular formula is C8H7ClFN3O. The van der Waals surface area contributed by atoms with Crippen LogP contribution in [0.1, 0.15) is 5.56 Å². The molecule has 0 fully saturated rings. The maximum absolute atomic E-state index is 12.9. The number of carbonyl (C=O) groups is 1. The molecule has 3 N–H and O–H groups in total. The highest BCUT2D eigenvalue weighted by Gasteiger charge is 1.98. The highest BCUT2D eigenvalue weighted by Crippen LogP contribution is 2.14. The number of carbonyl (C=O) groups excluding carboxylic acids is 1. The lowest BCUT2D eigenvalue weighted by molar-refractivity contribution is 0.249. The van der Waals surface area contributed by atoms with Gasteiger partial charge >= 0.3 is 6.03 Å². The number of hydrogen-bond donors (Lipinski definition) is 2. The van der Waals surface area contributed by atoms with Crippen LogP contribution in [0.4, 0.5) is 9.18 Å². The van der Waals surface area contributed by atoms with Crippen LogP contribution in [0.5, 0.6) is 0 Å². The van der Waals surface area contributed by atoms with Gasteiger partial charge in [-0.3, -0.25) is 0 Å². The van der Waals surface area contributed by atoms with Crippen molar-refractivity contribution in [2.45, 2.75) is 0 Å². The third kappa shape index (κ3) is 3.02. The molecule has 0 saturated carbocycles. The summed E-state index contributed by atoms with van der Waals surface area (Å²) in [7, 11) is 0. The smallest absolute Gasteiger partial charge is 0.332 e. The molecule has 0 radical (unpaired) electrons. The number of primary amides is 1. The Kier molecular flexibility index (Phi) is 3.41. The zero-order valence-corrected chi connectivity index (χ0v) is 7.75. The number of nitrogens with one attached hydrogen (secondary N) is 1. The SMILES string of the molecule is NC(=O)N/N=C/c1ccc(Cl)c(F)c1. The van der Waals surface area contributed by atoms with Crippen molar-refractivity contribution >= 4 is 23.8 Å². The Balaban J connectivity index is 2.73. The molecule has 0 atom stereocenters. The second-order valence-corrected chi connectivity index (χ2v) is 2.81. The number of hydrazone groups is 1. The van der Waals surface area contributed by atoms with E-state index >= 15 is 0 Å². The summed E-state index contributed by atoms with van der Waals surface area (Å²) in [5.41, 5.74) is 7.21. The van der Waals surface area contributed by atoms with E-state index in [0.717, 1.165) is 0 Å². The predicted molar refractivity (Wildman–Crippen MR) is 51.7 cm³/mol. The fraction of sp³-hybridized carbons (Fsp3) is 0. The monoisotopic (exact) mass is 215 g/mol. The molecule has 6 heteroatoms. The van der Waals surface area contributed by atoms with Gasteiger partial charge in [-0.1, -0.05) is 17.7 Å². The van der Waals surface area contributed by atoms with E-state index in [2.05, 4.69) is 5.10 Å². The van der Waals surface area contributed by atoms with E-state index in [-0.39, 0.29) is 5.02 Å². The van der Waals surface area contributed by atoms with Crippen LogP contribution in [0.3, 0.4) is 0 Å². The number of nitrogens with two attached hydrogens (primary N) is 1. The summed E-state index contributed by atoms with van der Waals surface area (Å²) in [5, 5.41) is 3.49. The quantitative estimate of drug-likeness (QED) is 0.570. The highest BCUT2D eigenvalue weighted by molar-refractivity contribution is 6.30. The van der Waals surface area contributed by atoms with Crippen molar-refractivity contribution in [1.29, 1.82) is 0 Å². The first kappa shape index (κ1) is 10.5. The molecule has 4 nitrogen and oxygen atoms in total. The summed E-state index contributed by atoms with van der Waals surface area (Å²) < 4.78 is 12.9. The summed E-state index contributed by atoms with van der Waals surface area (Å²) in [6, 6.07) is 3.35. The molecule has 0 aliphatic heterocycles. The topological polar surface area (TPSA) is 67.5 Å². The minimum absolute atomic E-state index is 0.0324. The molecule has 0 aliphatic rings. The molecule has 74 valence electrons. The van der Waals surface area contributed by atoms with Gasteiger partial charge in [-0.15, -0.1) is 0 Å². The maximum Gasteiger partial charge on any atom is 0.332 e. The molecule has 0 saturated heterocycles. The molecule has 14 heavy (non-hydrogen) atoms. The van der Waals surface area contributed by atoms with E-state index < -0.39 is 11.8 Å². The third-order valence-electron chi connectivity index (χ3n) is 1.33. The molecule has 0 unspecified atom stereocenters. The minimum atomic E-state index is -0.782. The van der Waals surface area contributed by atoms with Gasteiger partial charge in [0, 0.05) is 0 Å². The maximum atomic E-state index is 12.9. The van der Waals surface area contributed by atoms with Crippen molar-refractivity contribution in [2.24, 2.45) is 10.8 Å². The molecule has 0 heterocycles. The molecule has 0 aliphatic carbocycles. The van der Waals surface area contributed by atoms with Crippen LogP contribution in [-0.4, -0.2) is 12.2 Å².